The molecule has 4 aromatic rings. The van der Waals surface area contributed by atoms with Gasteiger partial charge in [0, 0.05) is 0 Å². The number of aromatic nitrogens is 2. The number of para-hydroxylation sites is 2. The Labute approximate surface area is 171 Å². The molecular formula is C20H20N6S2. The Hall–Kier alpha value is -2.84. The molecule has 6 nitrogen and oxygen atoms in total. The molecule has 0 bridgehead atoms. The lowest BCUT2D eigenvalue weighted by Crippen LogP contribution is -2.16. The summed E-state index contributed by atoms with van der Waals surface area (Å²) in [5.74, 6) is 0. The molecule has 0 spiro atoms. The Balaban J connectivity index is 1.51. The van der Waals surface area contributed by atoms with Crippen LogP contribution in [0.3, 0.4) is 0 Å². The molecule has 0 atom stereocenters. The fourth-order valence-corrected chi connectivity index (χ4v) is 4.38. The average Bonchev–Trinajstić information content (AvgIpc) is 3.33. The second-order valence-electron chi connectivity index (χ2n) is 6.02. The lowest BCUT2D eigenvalue weighted by Gasteiger charge is -2.06. The summed E-state index contributed by atoms with van der Waals surface area (Å²) in [6.45, 7) is 4.14. The fraction of sp³-hybridized carbons (Fsp3) is 0.200. The van der Waals surface area contributed by atoms with Crippen molar-refractivity contribution in [3.05, 3.63) is 48.5 Å². The molecule has 0 radical (unpaired) electrons. The van der Waals surface area contributed by atoms with Gasteiger partial charge in [0.15, 0.2) is 0 Å². The monoisotopic (exact) mass is 408 g/mol. The Kier molecular flexibility index (Phi) is 5.59. The molecular weight excluding hydrogens is 388 g/mol. The Morgan fingerprint density at radius 3 is 1.57 bits per heavy atom. The molecule has 0 saturated heterocycles. The highest BCUT2D eigenvalue weighted by atomic mass is 32.1. The number of fused-ring (bicyclic) bond motifs is 2. The van der Waals surface area contributed by atoms with Gasteiger partial charge >= 0.3 is 0 Å². The van der Waals surface area contributed by atoms with Crippen LogP contribution in [0.25, 0.3) is 20.4 Å². The summed E-state index contributed by atoms with van der Waals surface area (Å²) in [5, 5.41) is 10.7. The highest BCUT2D eigenvalue weighted by molar-refractivity contribution is 7.22. The van der Waals surface area contributed by atoms with Crippen LogP contribution in [0.15, 0.2) is 58.7 Å². The van der Waals surface area contributed by atoms with Gasteiger partial charge in [-0.2, -0.15) is 10.2 Å². The van der Waals surface area contributed by atoms with Crippen LogP contribution in [0, 0.1) is 0 Å². The molecule has 0 aliphatic carbocycles. The molecule has 0 aliphatic rings. The van der Waals surface area contributed by atoms with Gasteiger partial charge in [0.05, 0.1) is 31.9 Å². The Morgan fingerprint density at radius 1 is 0.750 bits per heavy atom. The van der Waals surface area contributed by atoms with Crippen molar-refractivity contribution in [2.75, 3.05) is 10.9 Å². The van der Waals surface area contributed by atoms with Crippen molar-refractivity contribution < 1.29 is 0 Å². The van der Waals surface area contributed by atoms with E-state index in [0.29, 0.717) is 0 Å². The predicted octanol–water partition coefficient (Wildman–Crippen LogP) is 5.96. The lowest BCUT2D eigenvalue weighted by molar-refractivity contribution is 1.18. The number of hydrazone groups is 2. The predicted molar refractivity (Wildman–Crippen MR) is 122 cm³/mol. The molecule has 2 aromatic heterocycles. The molecule has 0 unspecified atom stereocenters. The van der Waals surface area contributed by atoms with Gasteiger partial charge in [0.25, 0.3) is 0 Å². The molecule has 28 heavy (non-hydrogen) atoms. The van der Waals surface area contributed by atoms with E-state index < -0.39 is 0 Å². The number of anilines is 2. The maximum absolute atomic E-state index is 4.56. The van der Waals surface area contributed by atoms with E-state index in [1.54, 1.807) is 22.7 Å². The van der Waals surface area contributed by atoms with Crippen molar-refractivity contribution in [3.63, 3.8) is 0 Å². The molecule has 2 N–H and O–H groups in total. The lowest BCUT2D eigenvalue weighted by atomic mass is 10.1. The Bertz CT molecular complexity index is 1000. The fourth-order valence-electron chi connectivity index (χ4n) is 2.77. The van der Waals surface area contributed by atoms with Crippen LogP contribution in [-0.4, -0.2) is 21.4 Å². The quantitative estimate of drug-likeness (QED) is 0.292. The summed E-state index contributed by atoms with van der Waals surface area (Å²) in [6, 6.07) is 16.1. The summed E-state index contributed by atoms with van der Waals surface area (Å²) in [7, 11) is 0. The third-order valence-corrected chi connectivity index (χ3v) is 6.05. The van der Waals surface area contributed by atoms with Crippen LogP contribution < -0.4 is 10.9 Å². The number of nitrogens with one attached hydrogen (secondary N) is 2. The number of hydrogen-bond donors (Lipinski definition) is 2. The molecule has 142 valence electrons. The molecule has 4 rings (SSSR count). The van der Waals surface area contributed by atoms with Gasteiger partial charge in [0.2, 0.25) is 10.3 Å². The third kappa shape index (κ3) is 4.02. The van der Waals surface area contributed by atoms with E-state index in [-0.39, 0.29) is 0 Å². The van der Waals surface area contributed by atoms with Crippen molar-refractivity contribution in [2.24, 2.45) is 10.2 Å². The first-order valence-corrected chi connectivity index (χ1v) is 10.8. The number of thiazole rings is 2. The molecule has 0 aliphatic heterocycles. The Morgan fingerprint density at radius 2 is 1.18 bits per heavy atom. The summed E-state index contributed by atoms with van der Waals surface area (Å²) >= 11 is 3.18. The van der Waals surface area contributed by atoms with Gasteiger partial charge < -0.3 is 0 Å². The van der Waals surface area contributed by atoms with Crippen LogP contribution in [0.4, 0.5) is 10.3 Å². The smallest absolute Gasteiger partial charge is 0.204 e. The second-order valence-corrected chi connectivity index (χ2v) is 8.08. The zero-order chi connectivity index (χ0) is 19.3. The van der Waals surface area contributed by atoms with Crippen LogP contribution in [-0.2, 0) is 0 Å². The molecule has 2 heterocycles. The molecule has 0 saturated carbocycles. The minimum Gasteiger partial charge on any atom is -0.252 e. The van der Waals surface area contributed by atoms with E-state index in [0.717, 1.165) is 55.0 Å². The third-order valence-electron chi connectivity index (χ3n) is 4.16. The zero-order valence-electron chi connectivity index (χ0n) is 15.6. The first-order valence-electron chi connectivity index (χ1n) is 9.13. The zero-order valence-corrected chi connectivity index (χ0v) is 17.3. The number of rotatable bonds is 7. The molecule has 0 amide bonds. The van der Waals surface area contributed by atoms with E-state index >= 15 is 0 Å². The summed E-state index contributed by atoms with van der Waals surface area (Å²) in [4.78, 5) is 9.12. The molecule has 0 fully saturated rings. The van der Waals surface area contributed by atoms with Crippen molar-refractivity contribution in [1.82, 2.24) is 9.97 Å². The van der Waals surface area contributed by atoms with Crippen molar-refractivity contribution in [2.45, 2.75) is 26.7 Å². The highest BCUT2D eigenvalue weighted by Crippen LogP contribution is 2.26. The first-order chi connectivity index (χ1) is 13.8. The summed E-state index contributed by atoms with van der Waals surface area (Å²) in [5.41, 5.74) is 9.94. The minimum atomic E-state index is 0.770. The normalized spacial score (nSPS) is 12.6. The average molecular weight is 409 g/mol. The maximum atomic E-state index is 4.56. The van der Waals surface area contributed by atoms with Crippen molar-refractivity contribution in [3.8, 4) is 0 Å². The van der Waals surface area contributed by atoms with Crippen LogP contribution in [0.1, 0.15) is 26.7 Å². The number of benzene rings is 2. The van der Waals surface area contributed by atoms with Gasteiger partial charge in [-0.3, -0.25) is 10.9 Å². The first kappa shape index (κ1) is 18.5. The SMILES string of the molecule is CCC(=NNc1nc2ccccc2s1)C(CC)=NNc1nc2ccccc2s1. The number of nitrogens with zero attached hydrogens (tertiary/aromatic N) is 4. The minimum absolute atomic E-state index is 0.770. The topological polar surface area (TPSA) is 74.6 Å². The van der Waals surface area contributed by atoms with Crippen molar-refractivity contribution in [1.29, 1.82) is 0 Å². The highest BCUT2D eigenvalue weighted by Gasteiger charge is 2.08. The van der Waals surface area contributed by atoms with E-state index in [1.165, 1.54) is 0 Å². The van der Waals surface area contributed by atoms with E-state index in [4.69, 9.17) is 0 Å². The largest absolute Gasteiger partial charge is 0.252 e. The van der Waals surface area contributed by atoms with Gasteiger partial charge in [-0.15, -0.1) is 0 Å². The second kappa shape index (κ2) is 8.45. The van der Waals surface area contributed by atoms with Crippen LogP contribution in [0.2, 0.25) is 0 Å². The van der Waals surface area contributed by atoms with E-state index in [2.05, 4.69) is 57.0 Å². The van der Waals surface area contributed by atoms with Gasteiger partial charge in [-0.05, 0) is 37.1 Å². The van der Waals surface area contributed by atoms with Gasteiger partial charge in [-0.1, -0.05) is 60.8 Å². The maximum Gasteiger partial charge on any atom is 0.204 e. The van der Waals surface area contributed by atoms with Crippen LogP contribution in [0.5, 0.6) is 0 Å². The number of hydrogen-bond acceptors (Lipinski definition) is 8. The van der Waals surface area contributed by atoms with Gasteiger partial charge in [0.1, 0.15) is 0 Å². The van der Waals surface area contributed by atoms with E-state index in [1.807, 2.05) is 36.4 Å². The van der Waals surface area contributed by atoms with Crippen molar-refractivity contribution >= 4 is 64.8 Å². The van der Waals surface area contributed by atoms with Crippen LogP contribution >= 0.6 is 22.7 Å². The summed E-state index contributed by atoms with van der Waals surface area (Å²) in [6.07, 6.45) is 1.54. The standard InChI is InChI=1S/C20H20N6S2/c1-3-13(23-25-19-21-15-9-5-7-11-17(15)27-19)14(4-2)24-26-20-22-16-10-6-8-12-18(16)28-20/h5-12H,3-4H2,1-2H3,(H,21,25)(H,22,26). The molecule has 8 heteroatoms. The van der Waals surface area contributed by atoms with E-state index in [9.17, 15) is 0 Å². The molecule has 2 aromatic carbocycles. The van der Waals surface area contributed by atoms with Gasteiger partial charge in [-0.25, -0.2) is 9.97 Å². The summed E-state index contributed by atoms with van der Waals surface area (Å²) < 4.78 is 2.28.